The van der Waals surface area contributed by atoms with Crippen molar-refractivity contribution in [2.75, 3.05) is 19.4 Å². The van der Waals surface area contributed by atoms with Gasteiger partial charge in [0.25, 0.3) is 5.91 Å². The Morgan fingerprint density at radius 1 is 1.21 bits per heavy atom. The number of pyridine rings is 1. The average Bonchev–Trinajstić information content (AvgIpc) is 2.63. The van der Waals surface area contributed by atoms with E-state index >= 15 is 0 Å². The first kappa shape index (κ1) is 22.0. The van der Waals surface area contributed by atoms with Crippen LogP contribution in [0.25, 0.3) is 0 Å². The summed E-state index contributed by atoms with van der Waals surface area (Å²) in [5.41, 5.74) is 1.19. The number of hydrogen-bond acceptors (Lipinski definition) is 6. The molecule has 1 aromatic carbocycles. The minimum Gasteiger partial charge on any atom is -0.449 e. The molecule has 1 heterocycles. The van der Waals surface area contributed by atoms with Gasteiger partial charge in [0.05, 0.1) is 10.5 Å². The maximum atomic E-state index is 12.4. The van der Waals surface area contributed by atoms with E-state index in [1.54, 1.807) is 13.0 Å². The van der Waals surface area contributed by atoms with E-state index in [0.717, 1.165) is 4.31 Å². The summed E-state index contributed by atoms with van der Waals surface area (Å²) in [6.45, 7) is 3.15. The summed E-state index contributed by atoms with van der Waals surface area (Å²) in [4.78, 5) is 28.5. The van der Waals surface area contributed by atoms with Crippen molar-refractivity contribution in [2.24, 2.45) is 0 Å². The number of halogens is 1. The molecule has 150 valence electrons. The first-order valence-corrected chi connectivity index (χ1v) is 10.4. The number of nitrogens with one attached hydrogen (secondary N) is 1. The second kappa shape index (κ2) is 8.80. The highest BCUT2D eigenvalue weighted by molar-refractivity contribution is 9.10. The number of hydrogen-bond donors (Lipinski definition) is 1. The Balaban J connectivity index is 2.14. The molecule has 0 aliphatic rings. The highest BCUT2D eigenvalue weighted by Gasteiger charge is 2.22. The molecule has 2 rings (SSSR count). The minimum absolute atomic E-state index is 0.0447. The third-order valence-corrected chi connectivity index (χ3v) is 6.08. The van der Waals surface area contributed by atoms with Crippen molar-refractivity contribution >= 4 is 43.5 Å². The topological polar surface area (TPSA) is 106 Å². The number of benzene rings is 1. The molecule has 1 atom stereocenters. The molecular weight excluding hydrogens is 450 g/mol. The van der Waals surface area contributed by atoms with E-state index in [9.17, 15) is 18.0 Å². The van der Waals surface area contributed by atoms with Gasteiger partial charge in [-0.2, -0.15) is 0 Å². The number of ether oxygens (including phenoxy) is 1. The fraction of sp³-hybridized carbons (Fsp3) is 0.278. The van der Waals surface area contributed by atoms with E-state index in [0.29, 0.717) is 15.7 Å². The zero-order chi connectivity index (χ0) is 21.1. The van der Waals surface area contributed by atoms with Crippen molar-refractivity contribution in [3.05, 3.63) is 52.3 Å². The number of anilines is 1. The van der Waals surface area contributed by atoms with Crippen molar-refractivity contribution in [1.82, 2.24) is 9.29 Å². The van der Waals surface area contributed by atoms with Gasteiger partial charge >= 0.3 is 5.97 Å². The molecule has 1 unspecified atom stereocenters. The second-order valence-electron chi connectivity index (χ2n) is 6.19. The molecule has 0 spiro atoms. The van der Waals surface area contributed by atoms with E-state index in [2.05, 4.69) is 26.2 Å². The molecule has 0 aliphatic carbocycles. The fourth-order valence-electron chi connectivity index (χ4n) is 2.15. The van der Waals surface area contributed by atoms with Crippen LogP contribution in [0.1, 0.15) is 22.8 Å². The van der Waals surface area contributed by atoms with Gasteiger partial charge in [-0.15, -0.1) is 0 Å². The summed E-state index contributed by atoms with van der Waals surface area (Å²) in [5, 5.41) is 2.61. The van der Waals surface area contributed by atoms with Gasteiger partial charge in [0, 0.05) is 36.6 Å². The lowest BCUT2D eigenvalue weighted by Gasteiger charge is -2.17. The summed E-state index contributed by atoms with van der Waals surface area (Å²) >= 11 is 3.21. The van der Waals surface area contributed by atoms with E-state index in [1.807, 2.05) is 0 Å². The zero-order valence-corrected chi connectivity index (χ0v) is 18.2. The third-order valence-electron chi connectivity index (χ3n) is 3.84. The summed E-state index contributed by atoms with van der Waals surface area (Å²) < 4.78 is 31.4. The maximum Gasteiger partial charge on any atom is 0.340 e. The molecule has 1 amide bonds. The number of esters is 1. The number of aryl methyl sites for hydroxylation is 1. The Morgan fingerprint density at radius 2 is 1.89 bits per heavy atom. The molecule has 0 fully saturated rings. The van der Waals surface area contributed by atoms with Crippen LogP contribution >= 0.6 is 15.9 Å². The van der Waals surface area contributed by atoms with Crippen molar-refractivity contribution in [3.63, 3.8) is 0 Å². The smallest absolute Gasteiger partial charge is 0.340 e. The Morgan fingerprint density at radius 3 is 2.50 bits per heavy atom. The van der Waals surface area contributed by atoms with Gasteiger partial charge < -0.3 is 10.1 Å². The molecule has 28 heavy (non-hydrogen) atoms. The lowest BCUT2D eigenvalue weighted by molar-refractivity contribution is -0.123. The maximum absolute atomic E-state index is 12.4. The molecule has 1 aromatic heterocycles. The highest BCUT2D eigenvalue weighted by atomic mass is 79.9. The number of aromatic nitrogens is 1. The van der Waals surface area contributed by atoms with E-state index < -0.39 is 28.0 Å². The number of nitrogens with zero attached hydrogens (tertiary/aromatic N) is 2. The van der Waals surface area contributed by atoms with Gasteiger partial charge in [-0.3, -0.25) is 9.78 Å². The molecule has 8 nitrogen and oxygen atoms in total. The van der Waals surface area contributed by atoms with Crippen LogP contribution in [0.2, 0.25) is 0 Å². The highest BCUT2D eigenvalue weighted by Crippen LogP contribution is 2.22. The Labute approximate surface area is 172 Å². The summed E-state index contributed by atoms with van der Waals surface area (Å²) in [7, 11) is -0.801. The first-order chi connectivity index (χ1) is 13.0. The van der Waals surface area contributed by atoms with E-state index in [4.69, 9.17) is 4.74 Å². The third kappa shape index (κ3) is 5.15. The van der Waals surface area contributed by atoms with Crippen molar-refractivity contribution < 1.29 is 22.7 Å². The van der Waals surface area contributed by atoms with Gasteiger partial charge in [0.2, 0.25) is 10.0 Å². The molecular formula is C18H20BrN3O5S. The Bertz CT molecular complexity index is 1010. The number of carbonyl (C=O) groups excluding carboxylic acids is 2. The van der Waals surface area contributed by atoms with Gasteiger partial charge in [0.1, 0.15) is 0 Å². The Hall–Kier alpha value is -2.30. The standard InChI is InChI=1S/C18H20BrN3O5S/c1-11-5-6-15(28(25,26)22(3)4)8-16(11)21-17(23)12(2)27-18(24)13-7-14(19)10-20-9-13/h5-10,12H,1-4H3,(H,21,23). The molecule has 10 heteroatoms. The van der Waals surface area contributed by atoms with Crippen LogP contribution in [0, 0.1) is 6.92 Å². The number of carbonyl (C=O) groups is 2. The average molecular weight is 470 g/mol. The quantitative estimate of drug-likeness (QED) is 0.651. The van der Waals surface area contributed by atoms with Crippen LogP contribution < -0.4 is 5.32 Å². The molecule has 0 radical (unpaired) electrons. The number of sulfonamides is 1. The largest absolute Gasteiger partial charge is 0.449 e. The minimum atomic E-state index is -3.65. The fourth-order valence-corrected chi connectivity index (χ4v) is 3.44. The van der Waals surface area contributed by atoms with Crippen molar-refractivity contribution in [1.29, 1.82) is 0 Å². The number of amides is 1. The summed E-state index contributed by atoms with van der Waals surface area (Å²) in [5.74, 6) is -1.28. The second-order valence-corrected chi connectivity index (χ2v) is 9.26. The predicted octanol–water partition coefficient (Wildman–Crippen LogP) is 2.59. The molecule has 0 saturated carbocycles. The predicted molar refractivity (Wildman–Crippen MR) is 107 cm³/mol. The van der Waals surface area contributed by atoms with Gasteiger partial charge in [0.15, 0.2) is 6.10 Å². The van der Waals surface area contributed by atoms with Crippen LogP contribution in [-0.2, 0) is 19.6 Å². The van der Waals surface area contributed by atoms with E-state index in [1.165, 1.54) is 51.6 Å². The van der Waals surface area contributed by atoms with Crippen LogP contribution in [0.15, 0.2) is 46.0 Å². The van der Waals surface area contributed by atoms with Gasteiger partial charge in [-0.1, -0.05) is 6.07 Å². The molecule has 0 saturated heterocycles. The lowest BCUT2D eigenvalue weighted by atomic mass is 10.2. The molecule has 0 bridgehead atoms. The van der Waals surface area contributed by atoms with Gasteiger partial charge in [-0.25, -0.2) is 17.5 Å². The number of rotatable bonds is 6. The van der Waals surface area contributed by atoms with Crippen LogP contribution in [-0.4, -0.2) is 49.8 Å². The van der Waals surface area contributed by atoms with Crippen molar-refractivity contribution in [3.8, 4) is 0 Å². The van der Waals surface area contributed by atoms with Crippen LogP contribution in [0.4, 0.5) is 5.69 Å². The summed E-state index contributed by atoms with van der Waals surface area (Å²) in [6, 6.07) is 5.95. The molecule has 2 aromatic rings. The van der Waals surface area contributed by atoms with E-state index in [-0.39, 0.29) is 10.5 Å². The first-order valence-electron chi connectivity index (χ1n) is 8.18. The van der Waals surface area contributed by atoms with Crippen molar-refractivity contribution in [2.45, 2.75) is 24.8 Å². The summed E-state index contributed by atoms with van der Waals surface area (Å²) in [6.07, 6.45) is 1.75. The molecule has 1 N–H and O–H groups in total. The molecule has 0 aliphatic heterocycles. The Kier molecular flexibility index (Phi) is 6.91. The monoisotopic (exact) mass is 469 g/mol. The SMILES string of the molecule is Cc1ccc(S(=O)(=O)N(C)C)cc1NC(=O)C(C)OC(=O)c1cncc(Br)c1. The van der Waals surface area contributed by atoms with Crippen LogP contribution in [0.5, 0.6) is 0 Å². The lowest BCUT2D eigenvalue weighted by Crippen LogP contribution is -2.30. The van der Waals surface area contributed by atoms with Crippen LogP contribution in [0.3, 0.4) is 0 Å². The zero-order valence-electron chi connectivity index (χ0n) is 15.8. The normalized spacial score (nSPS) is 12.5. The van der Waals surface area contributed by atoms with Gasteiger partial charge in [-0.05, 0) is 53.5 Å².